The van der Waals surface area contributed by atoms with Crippen LogP contribution in [0.25, 0.3) is 0 Å². The van der Waals surface area contributed by atoms with Crippen LogP contribution in [0.2, 0.25) is 0 Å². The monoisotopic (exact) mass is 366 g/mol. The number of hydrogen-bond acceptors (Lipinski definition) is 0. The molecule has 0 heterocycles. The third kappa shape index (κ3) is 21.7. The van der Waals surface area contributed by atoms with E-state index in [1.165, 1.54) is 142 Å². The molecule has 0 saturated heterocycles. The lowest BCUT2D eigenvalue weighted by molar-refractivity contribution is -0.520. The molecule has 0 radical (unpaired) electrons. The van der Waals surface area contributed by atoms with Crippen molar-refractivity contribution in [3.8, 4) is 0 Å². The van der Waals surface area contributed by atoms with Gasteiger partial charge in [-0.3, -0.25) is 0 Å². The fourth-order valence-corrected chi connectivity index (χ4v) is 3.76. The molecule has 1 heteroatoms. The minimum Gasteiger partial charge on any atom is -0.242 e. The summed E-state index contributed by atoms with van der Waals surface area (Å²) in [5.41, 5.74) is 0. The molecule has 0 spiro atoms. The minimum absolute atomic E-state index is 1.20. The Morgan fingerprint density at radius 3 is 0.885 bits per heavy atom. The smallest absolute Gasteiger partial charge is 0.142 e. The summed E-state index contributed by atoms with van der Waals surface area (Å²) in [4.78, 5) is 0. The Labute approximate surface area is 167 Å². The van der Waals surface area contributed by atoms with Gasteiger partial charge in [-0.05, 0) is 12.8 Å². The Morgan fingerprint density at radius 2 is 0.615 bits per heavy atom. The standard InChI is InChI=1S/C25H52N/c1-4-6-8-10-12-14-16-18-20-22-24-26(3)25-23-21-19-17-15-13-11-9-7-5-2/h3-25H2,1-2H3/q+1. The molecule has 0 unspecified atom stereocenters. The topological polar surface area (TPSA) is 3.01 Å². The molecule has 0 amide bonds. The molecule has 156 valence electrons. The number of nitrogens with zero attached hydrogens (tertiary/aromatic N) is 1. The predicted octanol–water partition coefficient (Wildman–Crippen LogP) is 8.54. The van der Waals surface area contributed by atoms with Crippen LogP contribution in [0.1, 0.15) is 142 Å². The van der Waals surface area contributed by atoms with E-state index in [9.17, 15) is 0 Å². The Balaban J connectivity index is 3.13. The largest absolute Gasteiger partial charge is 0.242 e. The van der Waals surface area contributed by atoms with Gasteiger partial charge in [0.1, 0.15) is 19.8 Å². The first-order chi connectivity index (χ1) is 12.8. The van der Waals surface area contributed by atoms with Crippen molar-refractivity contribution >= 4 is 6.72 Å². The van der Waals surface area contributed by atoms with Crippen molar-refractivity contribution in [2.45, 2.75) is 142 Å². The Hall–Kier alpha value is -0.330. The molecule has 0 aromatic heterocycles. The normalized spacial score (nSPS) is 11.2. The van der Waals surface area contributed by atoms with Crippen LogP contribution in [-0.4, -0.2) is 24.4 Å². The zero-order valence-electron chi connectivity index (χ0n) is 18.7. The first kappa shape index (κ1) is 25.7. The molecule has 26 heavy (non-hydrogen) atoms. The van der Waals surface area contributed by atoms with Crippen molar-refractivity contribution < 1.29 is 4.58 Å². The third-order valence-electron chi connectivity index (χ3n) is 5.66. The van der Waals surface area contributed by atoms with Crippen molar-refractivity contribution in [2.75, 3.05) is 13.1 Å². The summed E-state index contributed by atoms with van der Waals surface area (Å²) in [5, 5.41) is 0. The van der Waals surface area contributed by atoms with Crippen LogP contribution >= 0.6 is 0 Å². The van der Waals surface area contributed by atoms with Gasteiger partial charge in [0.2, 0.25) is 0 Å². The van der Waals surface area contributed by atoms with E-state index in [0.29, 0.717) is 0 Å². The average Bonchev–Trinajstić information content (AvgIpc) is 2.64. The summed E-state index contributed by atoms with van der Waals surface area (Å²) < 4.78 is 2.31. The summed E-state index contributed by atoms with van der Waals surface area (Å²) >= 11 is 0. The van der Waals surface area contributed by atoms with Gasteiger partial charge in [0.25, 0.3) is 0 Å². The van der Waals surface area contributed by atoms with Gasteiger partial charge >= 0.3 is 0 Å². The first-order valence-corrected chi connectivity index (χ1v) is 12.4. The van der Waals surface area contributed by atoms with Gasteiger partial charge in [-0.15, -0.1) is 0 Å². The maximum absolute atomic E-state index is 4.22. The van der Waals surface area contributed by atoms with Crippen molar-refractivity contribution in [1.29, 1.82) is 0 Å². The molecule has 0 aliphatic rings. The van der Waals surface area contributed by atoms with Gasteiger partial charge < -0.3 is 0 Å². The molecule has 0 aromatic carbocycles. The quantitative estimate of drug-likeness (QED) is 0.103. The van der Waals surface area contributed by atoms with E-state index in [2.05, 4.69) is 25.1 Å². The van der Waals surface area contributed by atoms with E-state index in [1.54, 1.807) is 0 Å². The molecule has 1 nitrogen and oxygen atoms in total. The summed E-state index contributed by atoms with van der Waals surface area (Å²) in [7, 11) is 0. The summed E-state index contributed by atoms with van der Waals surface area (Å²) in [6.45, 7) is 11.2. The molecular weight excluding hydrogens is 314 g/mol. The zero-order valence-corrected chi connectivity index (χ0v) is 18.7. The molecule has 0 bridgehead atoms. The van der Waals surface area contributed by atoms with Crippen LogP contribution < -0.4 is 0 Å². The molecule has 0 saturated carbocycles. The van der Waals surface area contributed by atoms with Crippen LogP contribution in [0.5, 0.6) is 0 Å². The second-order valence-electron chi connectivity index (χ2n) is 8.48. The summed E-state index contributed by atoms with van der Waals surface area (Å²) in [6, 6.07) is 0. The van der Waals surface area contributed by atoms with E-state index in [0.717, 1.165) is 0 Å². The lowest BCUT2D eigenvalue weighted by Gasteiger charge is -2.04. The minimum atomic E-state index is 1.20. The number of unbranched alkanes of at least 4 members (excludes halogenated alkanes) is 18. The molecule has 0 aliphatic carbocycles. The Morgan fingerprint density at radius 1 is 0.385 bits per heavy atom. The molecule has 0 atom stereocenters. The Bertz CT molecular complexity index is 245. The highest BCUT2D eigenvalue weighted by molar-refractivity contribution is 5.14. The van der Waals surface area contributed by atoms with Crippen molar-refractivity contribution in [3.05, 3.63) is 0 Å². The van der Waals surface area contributed by atoms with E-state index in [-0.39, 0.29) is 0 Å². The molecular formula is C25H52N+. The fraction of sp³-hybridized carbons (Fsp3) is 0.960. The maximum Gasteiger partial charge on any atom is 0.142 e. The maximum atomic E-state index is 4.22. The fourth-order valence-electron chi connectivity index (χ4n) is 3.76. The lowest BCUT2D eigenvalue weighted by atomic mass is 10.1. The van der Waals surface area contributed by atoms with E-state index < -0.39 is 0 Å². The van der Waals surface area contributed by atoms with Crippen LogP contribution in [0.3, 0.4) is 0 Å². The van der Waals surface area contributed by atoms with Crippen LogP contribution in [-0.2, 0) is 0 Å². The van der Waals surface area contributed by atoms with Crippen LogP contribution in [0.4, 0.5) is 0 Å². The van der Waals surface area contributed by atoms with Gasteiger partial charge in [0, 0.05) is 12.8 Å². The average molecular weight is 367 g/mol. The molecule has 0 fully saturated rings. The highest BCUT2D eigenvalue weighted by Crippen LogP contribution is 2.11. The second-order valence-corrected chi connectivity index (χ2v) is 8.48. The first-order valence-electron chi connectivity index (χ1n) is 12.4. The number of hydrogen-bond donors (Lipinski definition) is 0. The molecule has 0 aromatic rings. The highest BCUT2D eigenvalue weighted by atomic mass is 15.0. The third-order valence-corrected chi connectivity index (χ3v) is 5.66. The van der Waals surface area contributed by atoms with Crippen molar-refractivity contribution in [2.24, 2.45) is 0 Å². The SMILES string of the molecule is C=[N+](CCCCCCCCCCCC)CCCCCCCCCCCC. The van der Waals surface area contributed by atoms with Gasteiger partial charge in [-0.25, -0.2) is 4.58 Å². The highest BCUT2D eigenvalue weighted by Gasteiger charge is 2.01. The summed E-state index contributed by atoms with van der Waals surface area (Å²) in [6.07, 6.45) is 28.5. The Kier molecular flexibility index (Phi) is 22.4. The van der Waals surface area contributed by atoms with Crippen LogP contribution in [0.15, 0.2) is 0 Å². The van der Waals surface area contributed by atoms with Crippen molar-refractivity contribution in [3.63, 3.8) is 0 Å². The molecule has 0 aliphatic heterocycles. The second kappa shape index (κ2) is 22.7. The van der Waals surface area contributed by atoms with Crippen molar-refractivity contribution in [1.82, 2.24) is 0 Å². The van der Waals surface area contributed by atoms with Gasteiger partial charge in [-0.2, -0.15) is 0 Å². The predicted molar refractivity (Wildman–Crippen MR) is 121 cm³/mol. The molecule has 0 rings (SSSR count). The van der Waals surface area contributed by atoms with Gasteiger partial charge in [0.05, 0.1) is 0 Å². The number of rotatable bonds is 22. The lowest BCUT2D eigenvalue weighted by Crippen LogP contribution is -2.12. The van der Waals surface area contributed by atoms with Crippen LogP contribution in [0, 0.1) is 0 Å². The van der Waals surface area contributed by atoms with E-state index >= 15 is 0 Å². The van der Waals surface area contributed by atoms with Gasteiger partial charge in [0.15, 0.2) is 0 Å². The molecule has 0 N–H and O–H groups in total. The zero-order chi connectivity index (χ0) is 19.1. The van der Waals surface area contributed by atoms with Gasteiger partial charge in [-0.1, -0.05) is 117 Å². The summed E-state index contributed by atoms with van der Waals surface area (Å²) in [5.74, 6) is 0. The van der Waals surface area contributed by atoms with E-state index in [4.69, 9.17) is 0 Å². The van der Waals surface area contributed by atoms with E-state index in [1.807, 2.05) is 0 Å².